The molecule has 0 amide bonds. The quantitative estimate of drug-likeness (QED) is 0.508. The van der Waals surface area contributed by atoms with Crippen molar-refractivity contribution in [3.05, 3.63) is 0 Å². The van der Waals surface area contributed by atoms with Gasteiger partial charge in [0.05, 0.1) is 12.0 Å². The molecule has 0 spiro atoms. The van der Waals surface area contributed by atoms with Crippen molar-refractivity contribution >= 4 is 0 Å². The van der Waals surface area contributed by atoms with E-state index in [1.165, 1.54) is 6.42 Å². The van der Waals surface area contributed by atoms with Gasteiger partial charge in [-0.2, -0.15) is 5.26 Å². The van der Waals surface area contributed by atoms with Gasteiger partial charge in [-0.1, -0.05) is 0 Å². The lowest BCUT2D eigenvalue weighted by Gasteiger charge is -2.14. The van der Waals surface area contributed by atoms with Gasteiger partial charge in [-0.3, -0.25) is 0 Å². The molecular weight excluding hydrogens is 112 g/mol. The maximum Gasteiger partial charge on any atom is 0.0659 e. The summed E-state index contributed by atoms with van der Waals surface area (Å²) in [6.07, 6.45) is 2.35. The van der Waals surface area contributed by atoms with Gasteiger partial charge in [-0.25, -0.2) is 0 Å². The number of nitrogens with zero attached hydrogens (tertiary/aromatic N) is 1. The number of rotatable bonds is 0. The van der Waals surface area contributed by atoms with Crippen LogP contribution >= 0.6 is 0 Å². The molecule has 1 saturated heterocycles. The lowest BCUT2D eigenvalue weighted by atomic mass is 9.97. The third-order valence-electron chi connectivity index (χ3n) is 2.53. The Hall–Kier alpha value is -0.550. The first-order valence-electron chi connectivity index (χ1n) is 3.53. The van der Waals surface area contributed by atoms with Crippen LogP contribution in [-0.2, 0) is 0 Å². The Kier molecular flexibility index (Phi) is 1.000. The Balaban J connectivity index is 2.12. The second-order valence-electron chi connectivity index (χ2n) is 3.07. The Labute approximate surface area is 54.9 Å². The van der Waals surface area contributed by atoms with Crippen molar-refractivity contribution in [2.24, 2.45) is 11.8 Å². The van der Waals surface area contributed by atoms with Crippen LogP contribution in [-0.4, -0.2) is 12.6 Å². The molecule has 2 fully saturated rings. The van der Waals surface area contributed by atoms with Crippen LogP contribution < -0.4 is 5.32 Å². The predicted octanol–water partition coefficient (Wildman–Crippen LogP) is 0.508. The summed E-state index contributed by atoms with van der Waals surface area (Å²) < 4.78 is 0. The minimum Gasteiger partial charge on any atom is -0.314 e. The number of nitrogens with one attached hydrogen (secondary N) is 1. The lowest BCUT2D eigenvalue weighted by molar-refractivity contribution is 0.423. The second kappa shape index (κ2) is 1.71. The number of nitriles is 1. The molecule has 1 N–H and O–H groups in total. The van der Waals surface area contributed by atoms with E-state index in [9.17, 15) is 0 Å². The molecule has 1 heterocycles. The van der Waals surface area contributed by atoms with Gasteiger partial charge in [0.2, 0.25) is 0 Å². The average molecular weight is 122 g/mol. The molecule has 0 aromatic heterocycles. The summed E-state index contributed by atoms with van der Waals surface area (Å²) in [5, 5.41) is 12.0. The highest BCUT2D eigenvalue weighted by atomic mass is 15.0. The molecule has 0 unspecified atom stereocenters. The first-order chi connectivity index (χ1) is 4.40. The SMILES string of the molecule is N#C[C@@H]1C[C@@H]2C[C@H]1CN2. The standard InChI is InChI=1S/C7H10N2/c8-3-5-1-7-2-6(5)4-9-7/h5-7,9H,1-2,4H2/t5-,6-,7+/m0/s1. The van der Waals surface area contributed by atoms with Crippen LogP contribution in [0.25, 0.3) is 0 Å². The van der Waals surface area contributed by atoms with Crippen LogP contribution in [0.4, 0.5) is 0 Å². The van der Waals surface area contributed by atoms with Gasteiger partial charge in [-0.05, 0) is 25.3 Å². The number of hydrogen-bond donors (Lipinski definition) is 1. The molecule has 1 aliphatic heterocycles. The van der Waals surface area contributed by atoms with Gasteiger partial charge in [0.25, 0.3) is 0 Å². The van der Waals surface area contributed by atoms with E-state index in [1.807, 2.05) is 0 Å². The normalized spacial score (nSPS) is 47.2. The molecule has 2 nitrogen and oxygen atoms in total. The van der Waals surface area contributed by atoms with Crippen LogP contribution in [0.5, 0.6) is 0 Å². The summed E-state index contributed by atoms with van der Waals surface area (Å²) in [4.78, 5) is 0. The van der Waals surface area contributed by atoms with Crippen molar-refractivity contribution in [3.63, 3.8) is 0 Å². The van der Waals surface area contributed by atoms with Crippen LogP contribution in [0.15, 0.2) is 0 Å². The summed E-state index contributed by atoms with van der Waals surface area (Å²) in [6.45, 7) is 1.09. The average Bonchev–Trinajstić information content (AvgIpc) is 2.45. The van der Waals surface area contributed by atoms with Gasteiger partial charge in [0.15, 0.2) is 0 Å². The maximum atomic E-state index is 8.61. The summed E-state index contributed by atoms with van der Waals surface area (Å²) >= 11 is 0. The van der Waals surface area contributed by atoms with Crippen LogP contribution in [0.1, 0.15) is 12.8 Å². The Morgan fingerprint density at radius 1 is 1.44 bits per heavy atom. The Morgan fingerprint density at radius 2 is 2.33 bits per heavy atom. The van der Waals surface area contributed by atoms with Gasteiger partial charge < -0.3 is 5.32 Å². The molecule has 1 saturated carbocycles. The monoisotopic (exact) mass is 122 g/mol. The fourth-order valence-corrected chi connectivity index (χ4v) is 1.99. The topological polar surface area (TPSA) is 35.8 Å². The fourth-order valence-electron chi connectivity index (χ4n) is 1.99. The molecule has 0 aromatic rings. The molecule has 3 atom stereocenters. The summed E-state index contributed by atoms with van der Waals surface area (Å²) in [5.41, 5.74) is 0. The highest BCUT2D eigenvalue weighted by Gasteiger charge is 2.39. The van der Waals surface area contributed by atoms with Crippen molar-refractivity contribution in [2.45, 2.75) is 18.9 Å². The maximum absolute atomic E-state index is 8.61. The summed E-state index contributed by atoms with van der Waals surface area (Å²) in [5.74, 6) is 1.05. The van der Waals surface area contributed by atoms with Crippen molar-refractivity contribution in [2.75, 3.05) is 6.54 Å². The van der Waals surface area contributed by atoms with E-state index < -0.39 is 0 Å². The Bertz CT molecular complexity index is 159. The molecule has 2 aliphatic rings. The summed E-state index contributed by atoms with van der Waals surface area (Å²) in [6, 6.07) is 3.04. The molecule has 1 aliphatic carbocycles. The van der Waals surface area contributed by atoms with Crippen molar-refractivity contribution in [1.29, 1.82) is 5.26 Å². The third-order valence-corrected chi connectivity index (χ3v) is 2.53. The zero-order valence-corrected chi connectivity index (χ0v) is 5.30. The molecule has 2 rings (SSSR count). The van der Waals surface area contributed by atoms with Crippen LogP contribution in [0.3, 0.4) is 0 Å². The molecular formula is C7H10N2. The third kappa shape index (κ3) is 0.650. The first-order valence-corrected chi connectivity index (χ1v) is 3.53. The number of fused-ring (bicyclic) bond motifs is 2. The smallest absolute Gasteiger partial charge is 0.0659 e. The Morgan fingerprint density at radius 3 is 2.67 bits per heavy atom. The molecule has 0 radical (unpaired) electrons. The lowest BCUT2D eigenvalue weighted by Crippen LogP contribution is -2.28. The number of piperidine rings is 1. The van der Waals surface area contributed by atoms with Gasteiger partial charge in [0, 0.05) is 6.04 Å². The molecule has 2 bridgehead atoms. The minimum atomic E-state index is 0.372. The van der Waals surface area contributed by atoms with E-state index in [2.05, 4.69) is 11.4 Å². The molecule has 48 valence electrons. The zero-order chi connectivity index (χ0) is 6.27. The van der Waals surface area contributed by atoms with Crippen LogP contribution in [0, 0.1) is 23.2 Å². The molecule has 2 heteroatoms. The van der Waals surface area contributed by atoms with E-state index in [1.54, 1.807) is 0 Å². The number of hydrogen-bond acceptors (Lipinski definition) is 2. The van der Waals surface area contributed by atoms with Gasteiger partial charge in [0.1, 0.15) is 0 Å². The van der Waals surface area contributed by atoms with E-state index in [4.69, 9.17) is 5.26 Å². The largest absolute Gasteiger partial charge is 0.314 e. The van der Waals surface area contributed by atoms with E-state index in [0.29, 0.717) is 17.9 Å². The second-order valence-corrected chi connectivity index (χ2v) is 3.07. The van der Waals surface area contributed by atoms with Gasteiger partial charge in [-0.15, -0.1) is 0 Å². The summed E-state index contributed by atoms with van der Waals surface area (Å²) in [7, 11) is 0. The van der Waals surface area contributed by atoms with E-state index >= 15 is 0 Å². The predicted molar refractivity (Wildman–Crippen MR) is 33.6 cm³/mol. The van der Waals surface area contributed by atoms with Crippen LogP contribution in [0.2, 0.25) is 0 Å². The minimum absolute atomic E-state index is 0.372. The molecule has 0 aromatic carbocycles. The van der Waals surface area contributed by atoms with Crippen molar-refractivity contribution in [1.82, 2.24) is 5.32 Å². The van der Waals surface area contributed by atoms with E-state index in [0.717, 1.165) is 13.0 Å². The van der Waals surface area contributed by atoms with Gasteiger partial charge >= 0.3 is 0 Å². The van der Waals surface area contributed by atoms with Crippen molar-refractivity contribution in [3.8, 4) is 6.07 Å². The fraction of sp³-hybridized carbons (Fsp3) is 0.857. The highest BCUT2D eigenvalue weighted by Crippen LogP contribution is 2.35. The first kappa shape index (κ1) is 5.25. The molecule has 9 heavy (non-hydrogen) atoms. The van der Waals surface area contributed by atoms with Crippen molar-refractivity contribution < 1.29 is 0 Å². The zero-order valence-electron chi connectivity index (χ0n) is 5.30. The van der Waals surface area contributed by atoms with E-state index in [-0.39, 0.29) is 0 Å². The highest BCUT2D eigenvalue weighted by molar-refractivity contribution is 5.03.